The first-order valence-electron chi connectivity index (χ1n) is 6.32. The van der Waals surface area contributed by atoms with E-state index >= 15 is 0 Å². The zero-order valence-corrected chi connectivity index (χ0v) is 11.0. The highest BCUT2D eigenvalue weighted by atomic mass is 32.2. The minimum Gasteiger partial charge on any atom is -0.398 e. The van der Waals surface area contributed by atoms with Gasteiger partial charge in [0.05, 0.1) is 0 Å². The number of thioether (sulfide) groups is 1. The zero-order chi connectivity index (χ0) is 12.4. The second kappa shape index (κ2) is 5.06. The maximum Gasteiger partial charge on any atom is 0.0422 e. The number of nitrogens with two attached hydrogens (primary N) is 1. The number of hydrogen-bond acceptors (Lipinski definition) is 4. The smallest absolute Gasteiger partial charge is 0.0422 e. The van der Waals surface area contributed by atoms with E-state index in [9.17, 15) is 0 Å². The first-order valence-corrected chi connectivity index (χ1v) is 7.37. The van der Waals surface area contributed by atoms with Crippen molar-refractivity contribution in [1.82, 2.24) is 4.98 Å². The zero-order valence-electron chi connectivity index (χ0n) is 10.2. The van der Waals surface area contributed by atoms with Crippen molar-refractivity contribution in [3.63, 3.8) is 0 Å². The molecule has 18 heavy (non-hydrogen) atoms. The molecule has 1 aromatic carbocycles. The fourth-order valence-corrected chi connectivity index (χ4v) is 3.60. The van der Waals surface area contributed by atoms with Gasteiger partial charge in [-0.2, -0.15) is 11.8 Å². The molecule has 1 saturated heterocycles. The SMILES string of the molecule is Nc1ccc(NCC2CCCS2)c2ccncc12. The van der Waals surface area contributed by atoms with Crippen LogP contribution >= 0.6 is 11.8 Å². The van der Waals surface area contributed by atoms with Gasteiger partial charge in [0.1, 0.15) is 0 Å². The monoisotopic (exact) mass is 259 g/mol. The topological polar surface area (TPSA) is 50.9 Å². The lowest BCUT2D eigenvalue weighted by Gasteiger charge is -2.14. The molecule has 1 unspecified atom stereocenters. The first-order chi connectivity index (χ1) is 8.84. The summed E-state index contributed by atoms with van der Waals surface area (Å²) in [5.41, 5.74) is 7.92. The van der Waals surface area contributed by atoms with Gasteiger partial charge in [-0.15, -0.1) is 0 Å². The van der Waals surface area contributed by atoms with Crippen LogP contribution in [0, 0.1) is 0 Å². The molecule has 1 atom stereocenters. The Morgan fingerprint density at radius 3 is 3.11 bits per heavy atom. The third kappa shape index (κ3) is 2.25. The van der Waals surface area contributed by atoms with E-state index in [1.54, 1.807) is 0 Å². The third-order valence-electron chi connectivity index (χ3n) is 3.40. The van der Waals surface area contributed by atoms with Crippen molar-refractivity contribution in [1.29, 1.82) is 0 Å². The summed E-state index contributed by atoms with van der Waals surface area (Å²) in [6.45, 7) is 1.03. The molecule has 4 heteroatoms. The van der Waals surface area contributed by atoms with E-state index in [1.807, 2.05) is 24.5 Å². The van der Waals surface area contributed by atoms with Gasteiger partial charge in [-0.05, 0) is 36.8 Å². The maximum atomic E-state index is 5.97. The highest BCUT2D eigenvalue weighted by Crippen LogP contribution is 2.30. The summed E-state index contributed by atoms with van der Waals surface area (Å²) in [4.78, 5) is 4.14. The number of pyridine rings is 1. The lowest BCUT2D eigenvalue weighted by Crippen LogP contribution is -2.13. The van der Waals surface area contributed by atoms with Crippen molar-refractivity contribution in [2.45, 2.75) is 18.1 Å². The van der Waals surface area contributed by atoms with Gasteiger partial charge in [0, 0.05) is 46.3 Å². The maximum absolute atomic E-state index is 5.97. The predicted octanol–water partition coefficient (Wildman–Crippen LogP) is 3.12. The summed E-state index contributed by atoms with van der Waals surface area (Å²) in [5, 5.41) is 6.49. The number of nitrogens with zero attached hydrogens (tertiary/aromatic N) is 1. The van der Waals surface area contributed by atoms with E-state index in [0.29, 0.717) is 0 Å². The number of aromatic nitrogens is 1. The Morgan fingerprint density at radius 2 is 2.28 bits per heavy atom. The second-order valence-electron chi connectivity index (χ2n) is 4.64. The first kappa shape index (κ1) is 11.7. The number of nitrogens with one attached hydrogen (secondary N) is 1. The quantitative estimate of drug-likeness (QED) is 0.832. The lowest BCUT2D eigenvalue weighted by molar-refractivity contribution is 0.806. The fraction of sp³-hybridized carbons (Fsp3) is 0.357. The molecule has 0 amide bonds. The fourth-order valence-electron chi connectivity index (χ4n) is 2.40. The van der Waals surface area contributed by atoms with Crippen molar-refractivity contribution >= 4 is 33.9 Å². The van der Waals surface area contributed by atoms with Crippen LogP contribution in [0.4, 0.5) is 11.4 Å². The summed E-state index contributed by atoms with van der Waals surface area (Å²) < 4.78 is 0. The van der Waals surface area contributed by atoms with E-state index in [-0.39, 0.29) is 0 Å². The molecular formula is C14H17N3S. The van der Waals surface area contributed by atoms with Crippen LogP contribution in [0.25, 0.3) is 10.8 Å². The molecule has 0 spiro atoms. The molecule has 1 aromatic heterocycles. The van der Waals surface area contributed by atoms with E-state index < -0.39 is 0 Å². The minimum absolute atomic E-state index is 0.749. The van der Waals surface area contributed by atoms with Crippen molar-refractivity contribution in [3.05, 3.63) is 30.6 Å². The molecule has 1 aliphatic heterocycles. The predicted molar refractivity (Wildman–Crippen MR) is 80.1 cm³/mol. The molecule has 3 rings (SSSR count). The number of hydrogen-bond donors (Lipinski definition) is 2. The van der Waals surface area contributed by atoms with Crippen LogP contribution in [0.1, 0.15) is 12.8 Å². The Morgan fingerprint density at radius 1 is 1.33 bits per heavy atom. The van der Waals surface area contributed by atoms with Crippen molar-refractivity contribution in [2.75, 3.05) is 23.3 Å². The van der Waals surface area contributed by atoms with Crippen LogP contribution in [0.3, 0.4) is 0 Å². The molecule has 2 aromatic rings. The van der Waals surface area contributed by atoms with Crippen LogP contribution in [0.5, 0.6) is 0 Å². The number of fused-ring (bicyclic) bond motifs is 1. The van der Waals surface area contributed by atoms with Gasteiger partial charge in [-0.25, -0.2) is 0 Å². The van der Waals surface area contributed by atoms with Crippen molar-refractivity contribution in [3.8, 4) is 0 Å². The third-order valence-corrected chi connectivity index (χ3v) is 4.79. The van der Waals surface area contributed by atoms with Gasteiger partial charge >= 0.3 is 0 Å². The van der Waals surface area contributed by atoms with Gasteiger partial charge < -0.3 is 11.1 Å². The minimum atomic E-state index is 0.749. The number of anilines is 2. The highest BCUT2D eigenvalue weighted by molar-refractivity contribution is 8.00. The number of nitrogen functional groups attached to an aromatic ring is 1. The summed E-state index contributed by atoms with van der Waals surface area (Å²) in [5.74, 6) is 1.30. The normalized spacial score (nSPS) is 19.2. The molecule has 0 bridgehead atoms. The molecule has 0 saturated carbocycles. The van der Waals surface area contributed by atoms with E-state index in [0.717, 1.165) is 33.9 Å². The van der Waals surface area contributed by atoms with Gasteiger partial charge in [0.15, 0.2) is 0 Å². The second-order valence-corrected chi connectivity index (χ2v) is 6.05. The van der Waals surface area contributed by atoms with Crippen LogP contribution in [0.15, 0.2) is 30.6 Å². The van der Waals surface area contributed by atoms with Crippen molar-refractivity contribution < 1.29 is 0 Å². The summed E-state index contributed by atoms with van der Waals surface area (Å²) in [6, 6.07) is 6.04. The molecule has 3 nitrogen and oxygen atoms in total. The van der Waals surface area contributed by atoms with E-state index in [1.165, 1.54) is 18.6 Å². The Bertz CT molecular complexity index is 550. The van der Waals surface area contributed by atoms with Crippen molar-refractivity contribution in [2.24, 2.45) is 0 Å². The van der Waals surface area contributed by atoms with Crippen LogP contribution in [-0.4, -0.2) is 22.5 Å². The Kier molecular flexibility index (Phi) is 3.28. The van der Waals surface area contributed by atoms with E-state index in [2.05, 4.69) is 28.1 Å². The molecule has 2 heterocycles. The van der Waals surface area contributed by atoms with Crippen LogP contribution in [0.2, 0.25) is 0 Å². The molecule has 1 aliphatic rings. The standard InChI is InChI=1S/C14H17N3S/c15-13-3-4-14(11-5-6-16-9-12(11)13)17-8-10-2-1-7-18-10/h3-6,9-10,17H,1-2,7-8,15H2. The average molecular weight is 259 g/mol. The molecule has 3 N–H and O–H groups in total. The molecule has 0 radical (unpaired) electrons. The summed E-state index contributed by atoms with van der Waals surface area (Å²) in [7, 11) is 0. The largest absolute Gasteiger partial charge is 0.398 e. The van der Waals surface area contributed by atoms with Crippen LogP contribution in [-0.2, 0) is 0 Å². The van der Waals surface area contributed by atoms with Gasteiger partial charge in [-0.1, -0.05) is 0 Å². The Labute approximate surface area is 111 Å². The Balaban J connectivity index is 1.85. The summed E-state index contributed by atoms with van der Waals surface area (Å²) >= 11 is 2.07. The molecule has 94 valence electrons. The highest BCUT2D eigenvalue weighted by Gasteiger charge is 2.15. The van der Waals surface area contributed by atoms with Crippen LogP contribution < -0.4 is 11.1 Å². The van der Waals surface area contributed by atoms with Gasteiger partial charge in [0.25, 0.3) is 0 Å². The number of rotatable bonds is 3. The summed E-state index contributed by atoms with van der Waals surface area (Å²) in [6.07, 6.45) is 6.33. The molecular weight excluding hydrogens is 242 g/mol. The molecule has 0 aliphatic carbocycles. The lowest BCUT2D eigenvalue weighted by atomic mass is 10.1. The Hall–Kier alpha value is -1.42. The van der Waals surface area contributed by atoms with Gasteiger partial charge in [-0.3, -0.25) is 4.98 Å². The van der Waals surface area contributed by atoms with Gasteiger partial charge in [0.2, 0.25) is 0 Å². The average Bonchev–Trinajstić information content (AvgIpc) is 2.92. The molecule has 1 fully saturated rings. The number of benzene rings is 1. The van der Waals surface area contributed by atoms with E-state index in [4.69, 9.17) is 5.73 Å².